The maximum atomic E-state index is 10.4. The fourth-order valence-corrected chi connectivity index (χ4v) is 2.63. The molecule has 0 aliphatic heterocycles. The van der Waals surface area contributed by atoms with Crippen molar-refractivity contribution in [2.45, 2.75) is 6.61 Å². The summed E-state index contributed by atoms with van der Waals surface area (Å²) in [5, 5.41) is 12.7. The number of hydrogen-bond acceptors (Lipinski definition) is 4. The van der Waals surface area contributed by atoms with Crippen molar-refractivity contribution >= 4 is 16.8 Å². The van der Waals surface area contributed by atoms with Crippen LogP contribution >= 0.6 is 0 Å². The van der Waals surface area contributed by atoms with Crippen LogP contribution in [-0.4, -0.2) is 12.0 Å². The van der Waals surface area contributed by atoms with Crippen molar-refractivity contribution < 1.29 is 14.4 Å². The lowest BCUT2D eigenvalue weighted by atomic mass is 10.1. The zero-order chi connectivity index (χ0) is 17.6. The zero-order valence-electron chi connectivity index (χ0n) is 13.7. The van der Waals surface area contributed by atoms with E-state index in [1.165, 1.54) is 6.08 Å². The molecule has 0 aliphatic carbocycles. The van der Waals surface area contributed by atoms with Crippen LogP contribution in [0.5, 0.6) is 11.5 Å². The van der Waals surface area contributed by atoms with Crippen LogP contribution in [-0.2, 0) is 6.61 Å². The van der Waals surface area contributed by atoms with E-state index in [-0.39, 0.29) is 0 Å². The maximum absolute atomic E-state index is 10.4. The topological polar surface area (TPSA) is 61.6 Å². The van der Waals surface area contributed by atoms with Crippen LogP contribution in [0.4, 0.5) is 0 Å². The molecule has 0 saturated heterocycles. The third-order valence-corrected chi connectivity index (χ3v) is 3.84. The van der Waals surface area contributed by atoms with Crippen LogP contribution in [0.25, 0.3) is 16.8 Å². The molecule has 25 heavy (non-hydrogen) atoms. The van der Waals surface area contributed by atoms with Crippen molar-refractivity contribution in [3.8, 4) is 11.5 Å². The number of fused-ring (bicyclic) bond motifs is 1. The lowest BCUT2D eigenvalue weighted by Crippen LogP contribution is -1.98. The fourth-order valence-electron chi connectivity index (χ4n) is 2.63. The molecule has 3 aromatic rings. The van der Waals surface area contributed by atoms with Gasteiger partial charge in [-0.15, -0.1) is 0 Å². The Morgan fingerprint density at radius 2 is 1.84 bits per heavy atom. The molecule has 3 aromatic carbocycles. The van der Waals surface area contributed by atoms with Crippen molar-refractivity contribution in [3.63, 3.8) is 0 Å². The first-order chi connectivity index (χ1) is 12.2. The summed E-state index contributed by atoms with van der Waals surface area (Å²) in [6, 6.07) is 19.5. The predicted octanol–water partition coefficient (Wildman–Crippen LogP) is 4.67. The van der Waals surface area contributed by atoms with E-state index in [4.69, 9.17) is 9.47 Å². The first kappa shape index (κ1) is 16.5. The lowest BCUT2D eigenvalue weighted by Gasteiger charge is -2.12. The summed E-state index contributed by atoms with van der Waals surface area (Å²) < 4.78 is 11.3. The van der Waals surface area contributed by atoms with E-state index >= 15 is 0 Å². The molecule has 0 heterocycles. The van der Waals surface area contributed by atoms with Gasteiger partial charge < -0.3 is 9.47 Å². The highest BCUT2D eigenvalue weighted by Gasteiger charge is 2.07. The van der Waals surface area contributed by atoms with Crippen LogP contribution in [0.3, 0.4) is 0 Å². The van der Waals surface area contributed by atoms with E-state index in [9.17, 15) is 10.1 Å². The van der Waals surface area contributed by atoms with E-state index in [0.29, 0.717) is 23.7 Å². The molecular formula is C20H17NO4. The molecule has 0 bridgehead atoms. The summed E-state index contributed by atoms with van der Waals surface area (Å²) in [5.41, 5.74) is 1.75. The quantitative estimate of drug-likeness (QED) is 0.485. The van der Waals surface area contributed by atoms with Gasteiger partial charge in [-0.1, -0.05) is 48.5 Å². The zero-order valence-corrected chi connectivity index (χ0v) is 13.7. The second-order valence-corrected chi connectivity index (χ2v) is 5.44. The molecule has 0 amide bonds. The third kappa shape index (κ3) is 3.95. The Morgan fingerprint density at radius 1 is 1.04 bits per heavy atom. The van der Waals surface area contributed by atoms with Crippen LogP contribution in [0.1, 0.15) is 11.1 Å². The second-order valence-electron chi connectivity index (χ2n) is 5.44. The summed E-state index contributed by atoms with van der Waals surface area (Å²) in [6.07, 6.45) is 2.31. The molecule has 0 atom stereocenters. The molecule has 0 radical (unpaired) electrons. The van der Waals surface area contributed by atoms with E-state index in [0.717, 1.165) is 22.5 Å². The van der Waals surface area contributed by atoms with Crippen molar-refractivity contribution in [3.05, 3.63) is 88.1 Å². The Bertz CT molecular complexity index is 929. The molecule has 5 nitrogen and oxygen atoms in total. The number of ether oxygens (including phenoxy) is 2. The minimum atomic E-state index is -0.503. The Morgan fingerprint density at radius 3 is 2.64 bits per heavy atom. The van der Waals surface area contributed by atoms with E-state index in [1.54, 1.807) is 25.3 Å². The lowest BCUT2D eigenvalue weighted by molar-refractivity contribution is -0.400. The van der Waals surface area contributed by atoms with Gasteiger partial charge in [0.1, 0.15) is 6.61 Å². The van der Waals surface area contributed by atoms with E-state index in [1.807, 2.05) is 24.3 Å². The minimum absolute atomic E-state index is 0.405. The average Bonchev–Trinajstić information content (AvgIpc) is 2.64. The second kappa shape index (κ2) is 7.49. The standard InChI is InChI=1S/C20H17NO4/c1-24-20-13-15(11-12-21(22)23)9-10-19(20)25-14-17-7-4-6-16-5-2-3-8-18(16)17/h2-13H,14H2,1H3/b12-11-. The molecule has 5 heteroatoms. The largest absolute Gasteiger partial charge is 0.493 e. The molecule has 0 aliphatic rings. The highest BCUT2D eigenvalue weighted by Crippen LogP contribution is 2.30. The van der Waals surface area contributed by atoms with Crippen LogP contribution < -0.4 is 9.47 Å². The van der Waals surface area contributed by atoms with Gasteiger partial charge in [-0.3, -0.25) is 10.1 Å². The molecule has 3 rings (SSSR count). The smallest absolute Gasteiger partial charge is 0.235 e. The minimum Gasteiger partial charge on any atom is -0.493 e. The predicted molar refractivity (Wildman–Crippen MR) is 97.3 cm³/mol. The molecule has 126 valence electrons. The van der Waals surface area contributed by atoms with Crippen LogP contribution in [0.15, 0.2) is 66.9 Å². The van der Waals surface area contributed by atoms with Crippen molar-refractivity contribution in [1.82, 2.24) is 0 Å². The summed E-state index contributed by atoms with van der Waals surface area (Å²) in [7, 11) is 1.54. The van der Waals surface area contributed by atoms with Gasteiger partial charge in [0.2, 0.25) is 6.20 Å². The normalized spacial score (nSPS) is 10.9. The van der Waals surface area contributed by atoms with Gasteiger partial charge in [0.05, 0.1) is 12.0 Å². The van der Waals surface area contributed by atoms with Gasteiger partial charge in [0.15, 0.2) is 11.5 Å². The number of methoxy groups -OCH3 is 1. The van der Waals surface area contributed by atoms with Crippen LogP contribution in [0, 0.1) is 10.1 Å². The van der Waals surface area contributed by atoms with Gasteiger partial charge in [0.25, 0.3) is 0 Å². The van der Waals surface area contributed by atoms with Crippen molar-refractivity contribution in [2.75, 3.05) is 7.11 Å². The summed E-state index contributed by atoms with van der Waals surface area (Å²) in [5.74, 6) is 1.12. The van der Waals surface area contributed by atoms with Gasteiger partial charge in [0, 0.05) is 6.08 Å². The highest BCUT2D eigenvalue weighted by molar-refractivity contribution is 5.85. The Labute approximate surface area is 145 Å². The molecule has 0 saturated carbocycles. The summed E-state index contributed by atoms with van der Waals surface area (Å²) >= 11 is 0. The molecule has 0 fully saturated rings. The highest BCUT2D eigenvalue weighted by atomic mass is 16.6. The Kier molecular flexibility index (Phi) is 4.95. The number of nitrogens with zero attached hydrogens (tertiary/aromatic N) is 1. The van der Waals surface area contributed by atoms with Crippen molar-refractivity contribution in [1.29, 1.82) is 0 Å². The summed E-state index contributed by atoms with van der Waals surface area (Å²) in [6.45, 7) is 0.405. The Hall–Kier alpha value is -3.34. The monoisotopic (exact) mass is 335 g/mol. The van der Waals surface area contributed by atoms with Crippen molar-refractivity contribution in [2.24, 2.45) is 0 Å². The average molecular weight is 335 g/mol. The first-order valence-electron chi connectivity index (χ1n) is 7.76. The van der Waals surface area contributed by atoms with Crippen LogP contribution in [0.2, 0.25) is 0 Å². The van der Waals surface area contributed by atoms with Gasteiger partial charge in [-0.2, -0.15) is 0 Å². The van der Waals surface area contributed by atoms with Gasteiger partial charge in [-0.05, 0) is 34.0 Å². The van der Waals surface area contributed by atoms with E-state index < -0.39 is 4.92 Å². The number of nitro groups is 1. The summed E-state index contributed by atoms with van der Waals surface area (Å²) in [4.78, 5) is 9.92. The van der Waals surface area contributed by atoms with E-state index in [2.05, 4.69) is 18.2 Å². The molecule has 0 unspecified atom stereocenters. The molecule has 0 aromatic heterocycles. The number of rotatable bonds is 6. The molecule has 0 N–H and O–H groups in total. The number of benzene rings is 3. The molecule has 0 spiro atoms. The van der Waals surface area contributed by atoms with Gasteiger partial charge >= 0.3 is 0 Å². The number of hydrogen-bond donors (Lipinski definition) is 0. The molecular weight excluding hydrogens is 318 g/mol. The fraction of sp³-hybridized carbons (Fsp3) is 0.100. The first-order valence-corrected chi connectivity index (χ1v) is 7.76. The third-order valence-electron chi connectivity index (χ3n) is 3.84. The maximum Gasteiger partial charge on any atom is 0.235 e. The van der Waals surface area contributed by atoms with Gasteiger partial charge in [-0.25, -0.2) is 0 Å². The Balaban J connectivity index is 1.81. The SMILES string of the molecule is COc1cc(/C=C\[N+](=O)[O-])ccc1OCc1cccc2ccccc12.